The highest BCUT2D eigenvalue weighted by molar-refractivity contribution is 6.25. The molecule has 0 bridgehead atoms. The molecule has 2 aromatic heterocycles. The molecule has 0 N–H and O–H groups in total. The van der Waals surface area contributed by atoms with Crippen LogP contribution in [-0.4, -0.2) is 0 Å². The summed E-state index contributed by atoms with van der Waals surface area (Å²) < 4.78 is 12.7. The second-order valence-corrected chi connectivity index (χ2v) is 8.47. The molecule has 0 saturated heterocycles. The van der Waals surface area contributed by atoms with E-state index in [0.29, 0.717) is 5.56 Å². The van der Waals surface area contributed by atoms with Crippen molar-refractivity contribution in [3.05, 3.63) is 109 Å². The van der Waals surface area contributed by atoms with Crippen molar-refractivity contribution in [1.29, 1.82) is 5.26 Å². The molecule has 0 spiro atoms. The molecule has 0 radical (unpaired) electrons. The van der Waals surface area contributed by atoms with Gasteiger partial charge in [-0.15, -0.1) is 0 Å². The second-order valence-electron chi connectivity index (χ2n) is 8.47. The second kappa shape index (κ2) is 7.10. The third-order valence-electron chi connectivity index (χ3n) is 6.53. The van der Waals surface area contributed by atoms with E-state index in [-0.39, 0.29) is 0 Å². The molecule has 0 aliphatic carbocycles. The molecule has 34 heavy (non-hydrogen) atoms. The molecule has 2 heterocycles. The van der Waals surface area contributed by atoms with Crippen LogP contribution < -0.4 is 0 Å². The zero-order chi connectivity index (χ0) is 22.6. The van der Waals surface area contributed by atoms with Crippen LogP contribution in [-0.2, 0) is 0 Å². The third-order valence-corrected chi connectivity index (χ3v) is 6.53. The van der Waals surface area contributed by atoms with Crippen LogP contribution in [0, 0.1) is 11.3 Å². The normalized spacial score (nSPS) is 11.5. The summed E-state index contributed by atoms with van der Waals surface area (Å²) in [6.07, 6.45) is 0. The van der Waals surface area contributed by atoms with Crippen LogP contribution in [0.15, 0.2) is 112 Å². The van der Waals surface area contributed by atoms with Gasteiger partial charge in [0.15, 0.2) is 0 Å². The predicted molar refractivity (Wildman–Crippen MR) is 137 cm³/mol. The highest BCUT2D eigenvalue weighted by atomic mass is 16.3. The van der Waals surface area contributed by atoms with Gasteiger partial charge in [-0.05, 0) is 47.0 Å². The van der Waals surface area contributed by atoms with E-state index in [0.717, 1.165) is 66.1 Å². The van der Waals surface area contributed by atoms with Crippen molar-refractivity contribution in [2.75, 3.05) is 0 Å². The molecule has 0 aliphatic heterocycles. The first kappa shape index (κ1) is 18.7. The van der Waals surface area contributed by atoms with Gasteiger partial charge >= 0.3 is 0 Å². The molecule has 0 unspecified atom stereocenters. The van der Waals surface area contributed by atoms with Gasteiger partial charge in [-0.1, -0.05) is 72.8 Å². The van der Waals surface area contributed by atoms with Crippen LogP contribution in [0.25, 0.3) is 66.1 Å². The number of fused-ring (bicyclic) bond motifs is 7. The summed E-state index contributed by atoms with van der Waals surface area (Å²) in [5.41, 5.74) is 8.37. The summed E-state index contributed by atoms with van der Waals surface area (Å²) in [6.45, 7) is 0. The molecule has 0 amide bonds. The van der Waals surface area contributed by atoms with E-state index in [9.17, 15) is 0 Å². The molecule has 0 saturated carbocycles. The highest BCUT2D eigenvalue weighted by Gasteiger charge is 2.20. The average Bonchev–Trinajstić information content (AvgIpc) is 3.47. The number of hydrogen-bond acceptors (Lipinski definition) is 3. The molecule has 3 heteroatoms. The van der Waals surface area contributed by atoms with Crippen LogP contribution in [0.3, 0.4) is 0 Å². The fraction of sp³-hybridized carbons (Fsp3) is 0. The minimum absolute atomic E-state index is 0.660. The van der Waals surface area contributed by atoms with Crippen molar-refractivity contribution < 1.29 is 8.83 Å². The zero-order valence-electron chi connectivity index (χ0n) is 18.1. The lowest BCUT2D eigenvalue weighted by molar-refractivity contribution is 0.663. The van der Waals surface area contributed by atoms with Crippen molar-refractivity contribution in [2.45, 2.75) is 0 Å². The zero-order valence-corrected chi connectivity index (χ0v) is 18.1. The van der Waals surface area contributed by atoms with E-state index >= 15 is 0 Å². The van der Waals surface area contributed by atoms with Crippen molar-refractivity contribution >= 4 is 43.9 Å². The predicted octanol–water partition coefficient (Wildman–Crippen LogP) is 8.69. The summed E-state index contributed by atoms with van der Waals surface area (Å²) >= 11 is 0. The summed E-state index contributed by atoms with van der Waals surface area (Å²) in [6, 6.07) is 36.8. The minimum atomic E-state index is 0.660. The minimum Gasteiger partial charge on any atom is -0.455 e. The average molecular weight is 435 g/mol. The number of nitrogens with zero attached hydrogens (tertiary/aromatic N) is 1. The number of benzene rings is 5. The van der Waals surface area contributed by atoms with Gasteiger partial charge in [-0.2, -0.15) is 5.26 Å². The number of hydrogen-bond donors (Lipinski definition) is 0. The SMILES string of the molecule is N#Cc1ccc(-c2ccc(-c3cc4c5ccccc5oc4c4c3oc3ccccc34)cc2)cc1. The van der Waals surface area contributed by atoms with Crippen molar-refractivity contribution in [2.24, 2.45) is 0 Å². The molecule has 3 nitrogen and oxygen atoms in total. The molecule has 0 fully saturated rings. The Labute approximate surface area is 195 Å². The van der Waals surface area contributed by atoms with Gasteiger partial charge in [0.25, 0.3) is 0 Å². The molecule has 158 valence electrons. The van der Waals surface area contributed by atoms with Crippen molar-refractivity contribution in [3.8, 4) is 28.3 Å². The molecule has 7 aromatic rings. The monoisotopic (exact) mass is 435 g/mol. The van der Waals surface area contributed by atoms with E-state index in [1.165, 1.54) is 0 Å². The fourth-order valence-electron chi connectivity index (χ4n) is 4.86. The Morgan fingerprint density at radius 1 is 0.529 bits per heavy atom. The number of furan rings is 2. The smallest absolute Gasteiger partial charge is 0.147 e. The van der Waals surface area contributed by atoms with Gasteiger partial charge in [0.1, 0.15) is 22.3 Å². The van der Waals surface area contributed by atoms with E-state index in [2.05, 4.69) is 48.5 Å². The molecular weight excluding hydrogens is 418 g/mol. The Balaban J connectivity index is 1.49. The van der Waals surface area contributed by atoms with Crippen LogP contribution in [0.4, 0.5) is 0 Å². The van der Waals surface area contributed by atoms with Crippen LogP contribution >= 0.6 is 0 Å². The maximum Gasteiger partial charge on any atom is 0.147 e. The van der Waals surface area contributed by atoms with Gasteiger partial charge in [0.2, 0.25) is 0 Å². The van der Waals surface area contributed by atoms with E-state index in [1.54, 1.807) is 0 Å². The Morgan fingerprint density at radius 3 is 1.79 bits per heavy atom. The lowest BCUT2D eigenvalue weighted by Crippen LogP contribution is -1.83. The quantitative estimate of drug-likeness (QED) is 0.273. The van der Waals surface area contributed by atoms with E-state index < -0.39 is 0 Å². The lowest BCUT2D eigenvalue weighted by atomic mass is 9.96. The Kier molecular flexibility index (Phi) is 3.91. The summed E-state index contributed by atoms with van der Waals surface area (Å²) in [5.74, 6) is 0. The maximum atomic E-state index is 9.06. The first-order valence-electron chi connectivity index (χ1n) is 11.2. The Bertz CT molecular complexity index is 1900. The van der Waals surface area contributed by atoms with Crippen molar-refractivity contribution in [1.82, 2.24) is 0 Å². The van der Waals surface area contributed by atoms with Gasteiger partial charge in [-0.25, -0.2) is 0 Å². The number of nitriles is 1. The summed E-state index contributed by atoms with van der Waals surface area (Å²) in [4.78, 5) is 0. The highest BCUT2D eigenvalue weighted by Crippen LogP contribution is 2.44. The third kappa shape index (κ3) is 2.69. The molecular formula is C31H17NO2. The Morgan fingerprint density at radius 2 is 1.09 bits per heavy atom. The fourth-order valence-corrected chi connectivity index (χ4v) is 4.86. The topological polar surface area (TPSA) is 50.1 Å². The van der Waals surface area contributed by atoms with Gasteiger partial charge in [-0.3, -0.25) is 0 Å². The first-order chi connectivity index (χ1) is 16.8. The largest absolute Gasteiger partial charge is 0.455 e. The lowest BCUT2D eigenvalue weighted by Gasteiger charge is -2.07. The molecule has 5 aromatic carbocycles. The summed E-state index contributed by atoms with van der Waals surface area (Å²) in [7, 11) is 0. The van der Waals surface area contributed by atoms with Gasteiger partial charge in [0.05, 0.1) is 17.0 Å². The molecule has 0 aliphatic rings. The van der Waals surface area contributed by atoms with E-state index in [4.69, 9.17) is 14.1 Å². The van der Waals surface area contributed by atoms with Crippen LogP contribution in [0.2, 0.25) is 0 Å². The molecule has 7 rings (SSSR count). The van der Waals surface area contributed by atoms with Crippen LogP contribution in [0.1, 0.15) is 5.56 Å². The van der Waals surface area contributed by atoms with Gasteiger partial charge in [0, 0.05) is 21.7 Å². The van der Waals surface area contributed by atoms with E-state index in [1.807, 2.05) is 60.7 Å². The Hall–Kier alpha value is -4.81. The number of rotatable bonds is 2. The van der Waals surface area contributed by atoms with Crippen molar-refractivity contribution in [3.63, 3.8) is 0 Å². The maximum absolute atomic E-state index is 9.06. The summed E-state index contributed by atoms with van der Waals surface area (Å²) in [5, 5.41) is 13.3. The standard InChI is InChI=1S/C31H17NO2/c32-18-19-9-11-20(12-10-19)21-13-15-22(16-14-21)25-17-26-23-5-1-3-7-27(23)33-31(26)29-24-6-2-4-8-28(24)34-30(25)29/h1-17H. The molecule has 0 atom stereocenters. The first-order valence-corrected chi connectivity index (χ1v) is 11.2. The van der Waals surface area contributed by atoms with Crippen LogP contribution in [0.5, 0.6) is 0 Å². The number of para-hydroxylation sites is 2. The van der Waals surface area contributed by atoms with Gasteiger partial charge < -0.3 is 8.83 Å².